The van der Waals surface area contributed by atoms with Gasteiger partial charge in [0.15, 0.2) is 6.61 Å². The first kappa shape index (κ1) is 15.2. The fourth-order valence-electron chi connectivity index (χ4n) is 3.58. The highest BCUT2D eigenvalue weighted by Crippen LogP contribution is 2.34. The molecule has 124 valence electrons. The third-order valence-corrected chi connectivity index (χ3v) is 5.00. The minimum atomic E-state index is -0.101. The number of hydrogen-bond donors (Lipinski definition) is 1. The average molecular weight is 322 g/mol. The number of anilines is 1. The van der Waals surface area contributed by atoms with Crippen LogP contribution in [0.25, 0.3) is 11.1 Å². The molecule has 2 aliphatic rings. The molecule has 4 nitrogen and oxygen atoms in total. The van der Waals surface area contributed by atoms with E-state index < -0.39 is 0 Å². The van der Waals surface area contributed by atoms with Crippen LogP contribution in [-0.2, 0) is 4.79 Å². The summed E-state index contributed by atoms with van der Waals surface area (Å²) in [5.74, 6) is 0.635. The molecule has 4 rings (SSSR count). The number of likely N-dealkylation sites (tertiary alicyclic amines) is 1. The molecule has 2 heterocycles. The molecule has 1 N–H and O–H groups in total. The van der Waals surface area contributed by atoms with E-state index in [2.05, 4.69) is 47.5 Å². The molecule has 0 aromatic heterocycles. The summed E-state index contributed by atoms with van der Waals surface area (Å²) < 4.78 is 5.44. The number of fused-ring (bicyclic) bond motifs is 1. The number of ether oxygens (including phenoxy) is 1. The second-order valence-electron chi connectivity index (χ2n) is 6.59. The van der Waals surface area contributed by atoms with Gasteiger partial charge >= 0.3 is 0 Å². The zero-order valence-electron chi connectivity index (χ0n) is 13.9. The quantitative estimate of drug-likeness (QED) is 0.933. The number of benzene rings is 2. The lowest BCUT2D eigenvalue weighted by Gasteiger charge is -2.24. The Morgan fingerprint density at radius 3 is 2.71 bits per heavy atom. The van der Waals surface area contributed by atoms with E-state index in [1.165, 1.54) is 37.1 Å². The number of hydrogen-bond acceptors (Lipinski definition) is 3. The lowest BCUT2D eigenvalue weighted by molar-refractivity contribution is -0.118. The minimum absolute atomic E-state index is 0.0924. The van der Waals surface area contributed by atoms with Gasteiger partial charge in [-0.05, 0) is 67.7 Å². The molecule has 0 bridgehead atoms. The van der Waals surface area contributed by atoms with Crippen LogP contribution in [0.4, 0.5) is 5.69 Å². The van der Waals surface area contributed by atoms with Crippen LogP contribution in [0.15, 0.2) is 42.5 Å². The van der Waals surface area contributed by atoms with E-state index >= 15 is 0 Å². The monoisotopic (exact) mass is 322 g/mol. The molecule has 2 aromatic carbocycles. The van der Waals surface area contributed by atoms with E-state index in [0.717, 1.165) is 17.0 Å². The minimum Gasteiger partial charge on any atom is -0.482 e. The van der Waals surface area contributed by atoms with E-state index in [0.29, 0.717) is 6.04 Å². The largest absolute Gasteiger partial charge is 0.482 e. The summed E-state index contributed by atoms with van der Waals surface area (Å²) in [6.45, 7) is 4.75. The van der Waals surface area contributed by atoms with Crippen LogP contribution in [0.3, 0.4) is 0 Å². The smallest absolute Gasteiger partial charge is 0.262 e. The van der Waals surface area contributed by atoms with E-state index in [-0.39, 0.29) is 12.5 Å². The third-order valence-electron chi connectivity index (χ3n) is 5.00. The lowest BCUT2D eigenvalue weighted by atomic mass is 9.99. The van der Waals surface area contributed by atoms with Crippen molar-refractivity contribution >= 4 is 11.6 Å². The van der Waals surface area contributed by atoms with Gasteiger partial charge in [0.1, 0.15) is 5.75 Å². The predicted molar refractivity (Wildman–Crippen MR) is 95.2 cm³/mol. The molecule has 4 heteroatoms. The maximum absolute atomic E-state index is 11.5. The molecule has 24 heavy (non-hydrogen) atoms. The highest BCUT2D eigenvalue weighted by atomic mass is 16.5. The van der Waals surface area contributed by atoms with Gasteiger partial charge in [-0.15, -0.1) is 0 Å². The van der Waals surface area contributed by atoms with Gasteiger partial charge in [0.05, 0.1) is 5.69 Å². The van der Waals surface area contributed by atoms with Gasteiger partial charge in [-0.25, -0.2) is 0 Å². The van der Waals surface area contributed by atoms with Crippen molar-refractivity contribution in [3.63, 3.8) is 0 Å². The van der Waals surface area contributed by atoms with Crippen LogP contribution >= 0.6 is 0 Å². The summed E-state index contributed by atoms with van der Waals surface area (Å²) in [7, 11) is 0. The highest BCUT2D eigenvalue weighted by molar-refractivity contribution is 5.96. The van der Waals surface area contributed by atoms with Crippen LogP contribution in [0.2, 0.25) is 0 Å². The molecule has 2 aromatic rings. The van der Waals surface area contributed by atoms with Crippen LogP contribution in [-0.4, -0.2) is 30.5 Å². The van der Waals surface area contributed by atoms with Crippen LogP contribution in [0, 0.1) is 0 Å². The summed E-state index contributed by atoms with van der Waals surface area (Å²) in [5.41, 5.74) is 4.35. The van der Waals surface area contributed by atoms with Crippen molar-refractivity contribution in [2.45, 2.75) is 25.8 Å². The first-order chi connectivity index (χ1) is 11.7. The molecule has 0 saturated carbocycles. The molecule has 1 fully saturated rings. The van der Waals surface area contributed by atoms with Gasteiger partial charge in [-0.2, -0.15) is 0 Å². The first-order valence-electron chi connectivity index (χ1n) is 8.62. The molecule has 0 aliphatic carbocycles. The van der Waals surface area contributed by atoms with E-state index in [4.69, 9.17) is 4.74 Å². The molecule has 1 unspecified atom stereocenters. The van der Waals surface area contributed by atoms with Gasteiger partial charge in [0, 0.05) is 6.04 Å². The Hall–Kier alpha value is -2.33. The van der Waals surface area contributed by atoms with E-state index in [9.17, 15) is 4.79 Å². The summed E-state index contributed by atoms with van der Waals surface area (Å²) in [6.07, 6.45) is 2.60. The number of carbonyl (C=O) groups is 1. The fraction of sp³-hybridized carbons (Fsp3) is 0.350. The van der Waals surface area contributed by atoms with Gasteiger partial charge in [-0.3, -0.25) is 9.69 Å². The maximum atomic E-state index is 11.5. The summed E-state index contributed by atoms with van der Waals surface area (Å²) in [5, 5.41) is 2.88. The van der Waals surface area contributed by atoms with E-state index in [1.807, 2.05) is 12.1 Å². The van der Waals surface area contributed by atoms with Crippen LogP contribution in [0.5, 0.6) is 5.75 Å². The molecule has 1 atom stereocenters. The molecule has 1 saturated heterocycles. The summed E-state index contributed by atoms with van der Waals surface area (Å²) >= 11 is 0. The van der Waals surface area contributed by atoms with Crippen molar-refractivity contribution in [1.82, 2.24) is 4.90 Å². The van der Waals surface area contributed by atoms with Crippen molar-refractivity contribution in [2.24, 2.45) is 0 Å². The number of rotatable bonds is 3. The average Bonchev–Trinajstić information content (AvgIpc) is 3.15. The molecule has 0 radical (unpaired) electrons. The number of carbonyl (C=O) groups excluding carboxylic acids is 1. The highest BCUT2D eigenvalue weighted by Gasteiger charge is 2.20. The first-order valence-corrected chi connectivity index (χ1v) is 8.62. The van der Waals surface area contributed by atoms with Gasteiger partial charge in [-0.1, -0.05) is 24.3 Å². The Kier molecular flexibility index (Phi) is 3.98. The Morgan fingerprint density at radius 1 is 1.08 bits per heavy atom. The van der Waals surface area contributed by atoms with Gasteiger partial charge in [0.25, 0.3) is 5.91 Å². The van der Waals surface area contributed by atoms with E-state index in [1.54, 1.807) is 0 Å². The second-order valence-corrected chi connectivity index (χ2v) is 6.59. The number of nitrogens with zero attached hydrogens (tertiary/aromatic N) is 1. The van der Waals surface area contributed by atoms with Crippen molar-refractivity contribution < 1.29 is 9.53 Å². The molecular formula is C20H22N2O2. The zero-order valence-corrected chi connectivity index (χ0v) is 13.9. The third kappa shape index (κ3) is 2.89. The standard InChI is InChI=1S/C20H22N2O2/c1-14(22-9-2-3-10-22)15-5-4-6-16(11-15)17-7-8-19-18(12-17)21-20(23)13-24-19/h4-8,11-12,14H,2-3,9-10,13H2,1H3,(H,21,23). The van der Waals surface area contributed by atoms with Gasteiger partial charge in [0.2, 0.25) is 0 Å². The zero-order chi connectivity index (χ0) is 16.5. The topological polar surface area (TPSA) is 41.6 Å². The van der Waals surface area contributed by atoms with Crippen molar-refractivity contribution in [2.75, 3.05) is 25.0 Å². The lowest BCUT2D eigenvalue weighted by Crippen LogP contribution is -2.25. The Balaban J connectivity index is 1.63. The SMILES string of the molecule is CC(c1cccc(-c2ccc3c(c2)NC(=O)CO3)c1)N1CCCC1. The normalized spacial score (nSPS) is 18.6. The Bertz CT molecular complexity index is 766. The number of nitrogens with one attached hydrogen (secondary N) is 1. The predicted octanol–water partition coefficient (Wildman–Crippen LogP) is 3.84. The molecule has 2 aliphatic heterocycles. The number of amides is 1. The molecule has 1 amide bonds. The maximum Gasteiger partial charge on any atom is 0.262 e. The Morgan fingerprint density at radius 2 is 1.88 bits per heavy atom. The van der Waals surface area contributed by atoms with Crippen molar-refractivity contribution in [3.05, 3.63) is 48.0 Å². The fourth-order valence-corrected chi connectivity index (χ4v) is 3.58. The molecule has 0 spiro atoms. The van der Waals surface area contributed by atoms with Crippen LogP contribution < -0.4 is 10.1 Å². The van der Waals surface area contributed by atoms with Crippen molar-refractivity contribution in [3.8, 4) is 16.9 Å². The van der Waals surface area contributed by atoms with Gasteiger partial charge < -0.3 is 10.1 Å². The van der Waals surface area contributed by atoms with Crippen molar-refractivity contribution in [1.29, 1.82) is 0 Å². The Labute approximate surface area is 142 Å². The second kappa shape index (κ2) is 6.29. The summed E-state index contributed by atoms with van der Waals surface area (Å²) in [6, 6.07) is 15.1. The van der Waals surface area contributed by atoms with Crippen LogP contribution in [0.1, 0.15) is 31.4 Å². The summed E-state index contributed by atoms with van der Waals surface area (Å²) in [4.78, 5) is 14.1. The molecular weight excluding hydrogens is 300 g/mol.